The summed E-state index contributed by atoms with van der Waals surface area (Å²) < 4.78 is 0. The Morgan fingerprint density at radius 1 is 0.609 bits per heavy atom. The third kappa shape index (κ3) is 16.1. The Kier molecular flexibility index (Phi) is 17.4. The maximum absolute atomic E-state index is 11.2. The highest BCUT2D eigenvalue weighted by atomic mass is 16.4. The fourth-order valence-corrected chi connectivity index (χ4v) is 3.25. The van der Waals surface area contributed by atoms with E-state index >= 15 is 0 Å². The maximum atomic E-state index is 11.2. The molecule has 0 spiro atoms. The van der Waals surface area contributed by atoms with Crippen molar-refractivity contribution in [2.24, 2.45) is 5.92 Å². The average molecular weight is 326 g/mol. The molecule has 138 valence electrons. The van der Waals surface area contributed by atoms with E-state index in [0.29, 0.717) is 0 Å². The topological polar surface area (TPSA) is 40.1 Å². The predicted molar refractivity (Wildman–Crippen MR) is 98.3 cm³/mol. The smallest absolute Gasteiger partial charge is 0.0445 e. The number of carboxylic acid groups (broad SMARTS) is 1. The minimum absolute atomic E-state index is 0.203. The molecule has 0 saturated carbocycles. The van der Waals surface area contributed by atoms with Gasteiger partial charge in [-0.3, -0.25) is 0 Å². The van der Waals surface area contributed by atoms with Crippen LogP contribution in [0.2, 0.25) is 0 Å². The largest absolute Gasteiger partial charge is 0.550 e. The summed E-state index contributed by atoms with van der Waals surface area (Å²) in [6.45, 7) is 4.44. The van der Waals surface area contributed by atoms with Crippen LogP contribution in [0.5, 0.6) is 0 Å². The lowest BCUT2D eigenvalue weighted by atomic mass is 9.94. The van der Waals surface area contributed by atoms with Gasteiger partial charge in [0.15, 0.2) is 0 Å². The first-order chi connectivity index (χ1) is 11.2. The van der Waals surface area contributed by atoms with Crippen LogP contribution in [0.3, 0.4) is 0 Å². The monoisotopic (exact) mass is 325 g/mol. The molecule has 0 aromatic heterocycles. The number of carboxylic acids is 1. The Hall–Kier alpha value is -0.530. The zero-order chi connectivity index (χ0) is 17.2. The number of aliphatic carboxylic acids is 1. The van der Waals surface area contributed by atoms with Crippen molar-refractivity contribution < 1.29 is 9.90 Å². The summed E-state index contributed by atoms with van der Waals surface area (Å²) in [7, 11) is 0. The molecule has 1 atom stereocenters. The summed E-state index contributed by atoms with van der Waals surface area (Å²) in [4.78, 5) is 11.2. The van der Waals surface area contributed by atoms with E-state index in [4.69, 9.17) is 0 Å². The van der Waals surface area contributed by atoms with Gasteiger partial charge in [0, 0.05) is 5.97 Å². The predicted octanol–water partition coefficient (Wildman–Crippen LogP) is 6.02. The Morgan fingerprint density at radius 2 is 0.913 bits per heavy atom. The molecule has 2 nitrogen and oxygen atoms in total. The molecule has 0 saturated heterocycles. The lowest BCUT2D eigenvalue weighted by Crippen LogP contribution is -2.31. The molecule has 0 aliphatic carbocycles. The van der Waals surface area contributed by atoms with Gasteiger partial charge >= 0.3 is 0 Å². The summed E-state index contributed by atoms with van der Waals surface area (Å²) >= 11 is 0. The number of hydrogen-bond acceptors (Lipinski definition) is 2. The summed E-state index contributed by atoms with van der Waals surface area (Å²) in [6.07, 6.45) is 20.8. The van der Waals surface area contributed by atoms with Crippen molar-refractivity contribution >= 4 is 5.97 Å². The third-order valence-electron chi connectivity index (χ3n) is 4.90. The molecule has 2 heteroatoms. The van der Waals surface area contributed by atoms with Crippen LogP contribution in [-0.2, 0) is 4.79 Å². The second-order valence-corrected chi connectivity index (χ2v) is 7.19. The molecule has 0 radical (unpaired) electrons. The molecule has 0 aliphatic heterocycles. The van der Waals surface area contributed by atoms with Gasteiger partial charge in [0.1, 0.15) is 0 Å². The van der Waals surface area contributed by atoms with Crippen LogP contribution in [0, 0.1) is 5.92 Å². The minimum Gasteiger partial charge on any atom is -0.550 e. The van der Waals surface area contributed by atoms with E-state index in [-0.39, 0.29) is 5.92 Å². The van der Waals surface area contributed by atoms with Crippen molar-refractivity contribution in [3.05, 3.63) is 0 Å². The molecule has 0 aromatic carbocycles. The summed E-state index contributed by atoms with van der Waals surface area (Å²) in [5.41, 5.74) is 0. The van der Waals surface area contributed by atoms with Gasteiger partial charge in [0.25, 0.3) is 0 Å². The first-order valence-electron chi connectivity index (χ1n) is 10.4. The van der Waals surface area contributed by atoms with Crippen LogP contribution in [0.25, 0.3) is 0 Å². The SMILES string of the molecule is CCCCCCCCCCCCCC(CCCCCC)C(=O)[O-]. The fraction of sp³-hybridized carbons (Fsp3) is 0.952. The van der Waals surface area contributed by atoms with Crippen molar-refractivity contribution in [2.45, 2.75) is 123 Å². The standard InChI is InChI=1S/C21H42O2/c1-3-5-7-9-10-11-12-13-14-15-17-19-20(21(22)23)18-16-8-6-4-2/h20H,3-19H2,1-2H3,(H,22,23)/p-1. The maximum Gasteiger partial charge on any atom is 0.0445 e. The van der Waals surface area contributed by atoms with E-state index in [1.165, 1.54) is 83.5 Å². The Bertz CT molecular complexity index is 250. The summed E-state index contributed by atoms with van der Waals surface area (Å²) in [6, 6.07) is 0. The van der Waals surface area contributed by atoms with E-state index in [1.807, 2.05) is 0 Å². The van der Waals surface area contributed by atoms with Crippen LogP contribution in [-0.4, -0.2) is 5.97 Å². The second kappa shape index (κ2) is 17.8. The van der Waals surface area contributed by atoms with Gasteiger partial charge in [0.05, 0.1) is 0 Å². The highest BCUT2D eigenvalue weighted by molar-refractivity contribution is 5.67. The Balaban J connectivity index is 3.40. The van der Waals surface area contributed by atoms with Crippen LogP contribution >= 0.6 is 0 Å². The van der Waals surface area contributed by atoms with Crippen molar-refractivity contribution in [2.75, 3.05) is 0 Å². The molecule has 0 amide bonds. The number of carbonyl (C=O) groups excluding carboxylic acids is 1. The molecule has 0 aromatic rings. The first kappa shape index (κ1) is 22.5. The fourth-order valence-electron chi connectivity index (χ4n) is 3.25. The van der Waals surface area contributed by atoms with Gasteiger partial charge in [-0.05, 0) is 18.8 Å². The quantitative estimate of drug-likeness (QED) is 0.289. The number of hydrogen-bond donors (Lipinski definition) is 0. The molecule has 0 fully saturated rings. The van der Waals surface area contributed by atoms with E-state index in [2.05, 4.69) is 13.8 Å². The van der Waals surface area contributed by atoms with E-state index < -0.39 is 5.97 Å². The van der Waals surface area contributed by atoms with Crippen LogP contribution in [0.15, 0.2) is 0 Å². The van der Waals surface area contributed by atoms with E-state index in [0.717, 1.165) is 25.7 Å². The molecule has 0 heterocycles. The molecule has 0 N–H and O–H groups in total. The van der Waals surface area contributed by atoms with Gasteiger partial charge < -0.3 is 9.90 Å². The molecule has 0 bridgehead atoms. The second-order valence-electron chi connectivity index (χ2n) is 7.19. The van der Waals surface area contributed by atoms with Crippen LogP contribution in [0.4, 0.5) is 0 Å². The lowest BCUT2D eigenvalue weighted by Gasteiger charge is -2.17. The third-order valence-corrected chi connectivity index (χ3v) is 4.90. The van der Waals surface area contributed by atoms with Gasteiger partial charge in [-0.25, -0.2) is 0 Å². The van der Waals surface area contributed by atoms with Gasteiger partial charge in [-0.1, -0.05) is 110 Å². The zero-order valence-electron chi connectivity index (χ0n) is 15.9. The van der Waals surface area contributed by atoms with Crippen LogP contribution < -0.4 is 5.11 Å². The molecule has 23 heavy (non-hydrogen) atoms. The van der Waals surface area contributed by atoms with Gasteiger partial charge in [-0.2, -0.15) is 0 Å². The van der Waals surface area contributed by atoms with Crippen molar-refractivity contribution in [1.29, 1.82) is 0 Å². The molecular weight excluding hydrogens is 284 g/mol. The molecule has 0 aliphatic rings. The Morgan fingerprint density at radius 3 is 1.26 bits per heavy atom. The number of carbonyl (C=O) groups is 1. The van der Waals surface area contributed by atoms with Gasteiger partial charge in [-0.15, -0.1) is 0 Å². The van der Waals surface area contributed by atoms with Gasteiger partial charge in [0.2, 0.25) is 0 Å². The van der Waals surface area contributed by atoms with Crippen LogP contribution in [0.1, 0.15) is 123 Å². The normalized spacial score (nSPS) is 12.4. The highest BCUT2D eigenvalue weighted by Crippen LogP contribution is 2.18. The van der Waals surface area contributed by atoms with E-state index in [9.17, 15) is 9.90 Å². The van der Waals surface area contributed by atoms with Crippen molar-refractivity contribution in [3.8, 4) is 0 Å². The Labute approximate surface area is 145 Å². The molecule has 0 rings (SSSR count). The van der Waals surface area contributed by atoms with E-state index in [1.54, 1.807) is 0 Å². The lowest BCUT2D eigenvalue weighted by molar-refractivity contribution is -0.312. The number of rotatable bonds is 18. The summed E-state index contributed by atoms with van der Waals surface area (Å²) in [5.74, 6) is -1.03. The number of unbranched alkanes of at least 4 members (excludes halogenated alkanes) is 13. The summed E-state index contributed by atoms with van der Waals surface area (Å²) in [5, 5.41) is 11.2. The highest BCUT2D eigenvalue weighted by Gasteiger charge is 2.09. The first-order valence-corrected chi connectivity index (χ1v) is 10.4. The van der Waals surface area contributed by atoms with Crippen molar-refractivity contribution in [1.82, 2.24) is 0 Å². The molecular formula is C21H41O2-. The minimum atomic E-state index is -0.825. The van der Waals surface area contributed by atoms with Crippen molar-refractivity contribution in [3.63, 3.8) is 0 Å². The molecule has 1 unspecified atom stereocenters. The average Bonchev–Trinajstić information content (AvgIpc) is 2.54. The zero-order valence-corrected chi connectivity index (χ0v) is 15.9.